The predicted octanol–water partition coefficient (Wildman–Crippen LogP) is 6.21. The number of anilines is 1. The first kappa shape index (κ1) is 24.6. The Morgan fingerprint density at radius 2 is 1.78 bits per heavy atom. The van der Waals surface area contributed by atoms with Crippen LogP contribution in [0.1, 0.15) is 24.0 Å². The molecule has 1 aliphatic rings. The zero-order chi connectivity index (χ0) is 25.3. The van der Waals surface area contributed by atoms with E-state index in [9.17, 15) is 18.3 Å². The van der Waals surface area contributed by atoms with Crippen LogP contribution in [0.5, 0.6) is 5.75 Å². The number of piperidine rings is 1. The van der Waals surface area contributed by atoms with E-state index in [0.717, 1.165) is 60.5 Å². The summed E-state index contributed by atoms with van der Waals surface area (Å²) < 4.78 is 40.9. The maximum atomic E-state index is 12.8. The normalized spacial score (nSPS) is 15.4. The van der Waals surface area contributed by atoms with E-state index >= 15 is 0 Å². The molecule has 4 aromatic rings. The zero-order valence-electron chi connectivity index (χ0n) is 19.3. The van der Waals surface area contributed by atoms with Crippen LogP contribution < -0.4 is 5.32 Å². The van der Waals surface area contributed by atoms with Crippen LogP contribution in [0.4, 0.5) is 19.0 Å². The largest absolute Gasteiger partial charge is 0.507 e. The molecule has 0 atom stereocenters. The minimum Gasteiger partial charge on any atom is -0.507 e. The van der Waals surface area contributed by atoms with Gasteiger partial charge >= 0.3 is 6.18 Å². The summed E-state index contributed by atoms with van der Waals surface area (Å²) in [5.41, 5.74) is 2.23. The molecule has 10 heteroatoms. The highest BCUT2D eigenvalue weighted by Crippen LogP contribution is 2.32. The van der Waals surface area contributed by atoms with Crippen LogP contribution in [-0.4, -0.2) is 44.2 Å². The molecule has 3 heterocycles. The van der Waals surface area contributed by atoms with Crippen LogP contribution >= 0.6 is 15.9 Å². The van der Waals surface area contributed by atoms with Gasteiger partial charge < -0.3 is 10.4 Å². The number of hydrogen-bond donors (Lipinski definition) is 2. The van der Waals surface area contributed by atoms with Gasteiger partial charge in [-0.25, -0.2) is 4.98 Å². The lowest BCUT2D eigenvalue weighted by atomic mass is 9.96. The van der Waals surface area contributed by atoms with Crippen molar-refractivity contribution in [2.24, 2.45) is 5.92 Å². The van der Waals surface area contributed by atoms with Crippen molar-refractivity contribution < 1.29 is 18.3 Å². The smallest absolute Gasteiger partial charge is 0.416 e. The number of nitrogens with zero attached hydrogens (tertiary/aromatic N) is 4. The number of fused-ring (bicyclic) bond motifs is 1. The van der Waals surface area contributed by atoms with Crippen LogP contribution in [0.15, 0.2) is 65.3 Å². The van der Waals surface area contributed by atoms with Crippen LogP contribution in [0.2, 0.25) is 0 Å². The summed E-state index contributed by atoms with van der Waals surface area (Å²) in [6.45, 7) is 3.17. The SMILES string of the molecule is Oc1ccccc1-c1cc(NCC2CCN(Cc3ccc(C(F)(F)F)cc3)CC2)n2ncc(Br)c2n1. The molecule has 2 N–H and O–H groups in total. The molecule has 0 unspecified atom stereocenters. The van der Waals surface area contributed by atoms with Gasteiger partial charge in [0, 0.05) is 24.7 Å². The summed E-state index contributed by atoms with van der Waals surface area (Å²) in [6, 6.07) is 14.4. The monoisotopic (exact) mass is 559 g/mol. The number of para-hydroxylation sites is 1. The fourth-order valence-corrected chi connectivity index (χ4v) is 4.89. The predicted molar refractivity (Wildman–Crippen MR) is 136 cm³/mol. The molecule has 6 nitrogen and oxygen atoms in total. The average molecular weight is 560 g/mol. The highest BCUT2D eigenvalue weighted by atomic mass is 79.9. The molecule has 0 amide bonds. The molecule has 0 aliphatic carbocycles. The topological polar surface area (TPSA) is 65.7 Å². The van der Waals surface area contributed by atoms with Gasteiger partial charge in [-0.1, -0.05) is 24.3 Å². The third-order valence-electron chi connectivity index (χ3n) is 6.58. The van der Waals surface area contributed by atoms with Crippen molar-refractivity contribution in [1.82, 2.24) is 19.5 Å². The Balaban J connectivity index is 1.22. The number of rotatable bonds is 6. The second-order valence-electron chi connectivity index (χ2n) is 9.07. The number of alkyl halides is 3. The molecule has 1 fully saturated rings. The Kier molecular flexibility index (Phi) is 6.90. The van der Waals surface area contributed by atoms with Gasteiger partial charge in [0.25, 0.3) is 0 Å². The van der Waals surface area contributed by atoms with E-state index in [4.69, 9.17) is 0 Å². The average Bonchev–Trinajstić information content (AvgIpc) is 3.24. The van der Waals surface area contributed by atoms with Gasteiger partial charge in [-0.3, -0.25) is 4.90 Å². The molecule has 0 bridgehead atoms. The molecule has 36 heavy (non-hydrogen) atoms. The van der Waals surface area contributed by atoms with Crippen LogP contribution in [0.25, 0.3) is 16.9 Å². The fraction of sp³-hybridized carbons (Fsp3) is 0.308. The number of nitrogens with one attached hydrogen (secondary N) is 1. The van der Waals surface area contributed by atoms with E-state index in [2.05, 4.69) is 36.2 Å². The van der Waals surface area contributed by atoms with Crippen LogP contribution in [0.3, 0.4) is 0 Å². The van der Waals surface area contributed by atoms with Gasteiger partial charge in [-0.2, -0.15) is 22.8 Å². The van der Waals surface area contributed by atoms with Gasteiger partial charge in [-0.05, 0) is 77.6 Å². The van der Waals surface area contributed by atoms with Crippen molar-refractivity contribution in [2.75, 3.05) is 25.0 Å². The molecule has 0 radical (unpaired) electrons. The van der Waals surface area contributed by atoms with Crippen molar-refractivity contribution >= 4 is 27.4 Å². The molecule has 0 saturated carbocycles. The number of phenols is 1. The fourth-order valence-electron chi connectivity index (χ4n) is 4.55. The Morgan fingerprint density at radius 1 is 1.06 bits per heavy atom. The third-order valence-corrected chi connectivity index (χ3v) is 7.13. The van der Waals surface area contributed by atoms with Crippen molar-refractivity contribution in [3.05, 3.63) is 76.4 Å². The first-order valence-electron chi connectivity index (χ1n) is 11.7. The third kappa shape index (κ3) is 5.34. The molecule has 5 rings (SSSR count). The lowest BCUT2D eigenvalue weighted by Crippen LogP contribution is -2.35. The van der Waals surface area contributed by atoms with Gasteiger partial charge in [0.15, 0.2) is 5.65 Å². The molecule has 1 aliphatic heterocycles. The summed E-state index contributed by atoms with van der Waals surface area (Å²) in [6.07, 6.45) is -0.644. The van der Waals surface area contributed by atoms with Gasteiger partial charge in [-0.15, -0.1) is 0 Å². The zero-order valence-corrected chi connectivity index (χ0v) is 20.9. The number of likely N-dealkylation sites (tertiary alicyclic amines) is 1. The number of phenolic OH excluding ortho intramolecular Hbond substituents is 1. The van der Waals surface area contributed by atoms with E-state index < -0.39 is 11.7 Å². The Morgan fingerprint density at radius 3 is 2.47 bits per heavy atom. The Hall–Kier alpha value is -3.11. The first-order valence-corrected chi connectivity index (χ1v) is 12.5. The van der Waals surface area contributed by atoms with Crippen LogP contribution in [-0.2, 0) is 12.7 Å². The minimum atomic E-state index is -4.31. The summed E-state index contributed by atoms with van der Waals surface area (Å²) in [4.78, 5) is 6.96. The van der Waals surface area contributed by atoms with Crippen molar-refractivity contribution in [3.63, 3.8) is 0 Å². The molecule has 188 valence electrons. The minimum absolute atomic E-state index is 0.163. The summed E-state index contributed by atoms with van der Waals surface area (Å²) in [7, 11) is 0. The molecule has 2 aromatic heterocycles. The maximum absolute atomic E-state index is 12.8. The summed E-state index contributed by atoms with van der Waals surface area (Å²) >= 11 is 3.50. The van der Waals surface area contributed by atoms with Crippen molar-refractivity contribution in [3.8, 4) is 17.0 Å². The molecule has 0 spiro atoms. The van der Waals surface area contributed by atoms with Crippen molar-refractivity contribution in [1.29, 1.82) is 0 Å². The number of hydrogen-bond acceptors (Lipinski definition) is 5. The maximum Gasteiger partial charge on any atom is 0.416 e. The van der Waals surface area contributed by atoms with Gasteiger partial charge in [0.05, 0.1) is 21.9 Å². The number of aromatic nitrogens is 3. The number of halogens is 4. The van der Waals surface area contributed by atoms with E-state index in [1.807, 2.05) is 18.2 Å². The lowest BCUT2D eigenvalue weighted by Gasteiger charge is -2.32. The summed E-state index contributed by atoms with van der Waals surface area (Å²) in [5, 5.41) is 18.3. The standard InChI is InChI=1S/C26H25BrF3N5O/c27-21-15-32-35-24(13-22(33-25(21)35)20-3-1-2-4-23(20)36)31-14-17-9-11-34(12-10-17)16-18-5-7-19(8-6-18)26(28,29)30/h1-8,13,15,17,31,36H,9-12,14,16H2. The second-order valence-corrected chi connectivity index (χ2v) is 9.92. The molecular weight excluding hydrogens is 535 g/mol. The van der Waals surface area contributed by atoms with E-state index in [1.54, 1.807) is 35.0 Å². The van der Waals surface area contributed by atoms with E-state index in [1.165, 1.54) is 0 Å². The highest BCUT2D eigenvalue weighted by Gasteiger charge is 2.30. The van der Waals surface area contributed by atoms with Crippen LogP contribution in [0, 0.1) is 5.92 Å². The highest BCUT2D eigenvalue weighted by molar-refractivity contribution is 9.10. The number of benzene rings is 2. The first-order chi connectivity index (χ1) is 17.3. The Bertz CT molecular complexity index is 1350. The lowest BCUT2D eigenvalue weighted by molar-refractivity contribution is -0.137. The Labute approximate surface area is 214 Å². The van der Waals surface area contributed by atoms with Gasteiger partial charge in [0.2, 0.25) is 0 Å². The van der Waals surface area contributed by atoms with E-state index in [-0.39, 0.29) is 5.75 Å². The number of aromatic hydroxyl groups is 1. The quantitative estimate of drug-likeness (QED) is 0.294. The van der Waals surface area contributed by atoms with E-state index in [0.29, 0.717) is 29.4 Å². The molecule has 2 aromatic carbocycles. The summed E-state index contributed by atoms with van der Waals surface area (Å²) in [5.74, 6) is 1.40. The van der Waals surface area contributed by atoms with Crippen molar-refractivity contribution in [2.45, 2.75) is 25.6 Å². The molecular formula is C26H25BrF3N5O. The molecule has 1 saturated heterocycles. The second kappa shape index (κ2) is 10.1. The van der Waals surface area contributed by atoms with Gasteiger partial charge in [0.1, 0.15) is 11.6 Å².